The van der Waals surface area contributed by atoms with Gasteiger partial charge in [-0.3, -0.25) is 4.79 Å². The van der Waals surface area contributed by atoms with Crippen molar-refractivity contribution in [2.45, 2.75) is 19.9 Å². The lowest BCUT2D eigenvalue weighted by molar-refractivity contribution is -0.126. The Bertz CT molecular complexity index is 414. The number of carbonyl (C=O) groups excluding carboxylic acids is 1. The number of aryl methyl sites for hydroxylation is 1. The summed E-state index contributed by atoms with van der Waals surface area (Å²) in [4.78, 5) is 21.7. The summed E-state index contributed by atoms with van der Waals surface area (Å²) >= 11 is 0. The average molecular weight is 203 g/mol. The van der Waals surface area contributed by atoms with Crippen LogP contribution in [0.15, 0.2) is 18.9 Å². The van der Waals surface area contributed by atoms with Crippen molar-refractivity contribution in [3.05, 3.63) is 35.9 Å². The second-order valence-electron chi connectivity index (χ2n) is 3.60. The number of carbonyl (C=O) groups is 1. The number of aromatic nitrogens is 2. The van der Waals surface area contributed by atoms with Crippen molar-refractivity contribution in [3.8, 4) is 0 Å². The van der Waals surface area contributed by atoms with E-state index in [4.69, 9.17) is 0 Å². The van der Waals surface area contributed by atoms with E-state index in [1.807, 2.05) is 13.1 Å². The zero-order chi connectivity index (χ0) is 10.8. The Morgan fingerprint density at radius 3 is 3.20 bits per heavy atom. The van der Waals surface area contributed by atoms with Crippen LogP contribution >= 0.6 is 0 Å². The largest absolute Gasteiger partial charge is 0.333 e. The smallest absolute Gasteiger partial charge is 0.246 e. The molecule has 0 saturated heterocycles. The molecule has 1 aliphatic rings. The standard InChI is InChI=1S/C11H13N3O/c1-3-11(15)14-5-4-9-6-12-8(2)13-10(9)7-14/h3,6H,1,4-5,7H2,2H3. The Morgan fingerprint density at radius 1 is 1.67 bits per heavy atom. The topological polar surface area (TPSA) is 46.1 Å². The molecular weight excluding hydrogens is 190 g/mol. The summed E-state index contributed by atoms with van der Waals surface area (Å²) < 4.78 is 0. The molecule has 0 spiro atoms. The molecule has 1 aromatic rings. The van der Waals surface area contributed by atoms with E-state index in [9.17, 15) is 4.79 Å². The van der Waals surface area contributed by atoms with Crippen LogP contribution in [0.4, 0.5) is 0 Å². The molecule has 1 aromatic heterocycles. The third-order valence-electron chi connectivity index (χ3n) is 2.55. The first kappa shape index (κ1) is 9.83. The molecule has 1 amide bonds. The van der Waals surface area contributed by atoms with Crippen LogP contribution in [0.25, 0.3) is 0 Å². The van der Waals surface area contributed by atoms with Crippen molar-refractivity contribution in [2.75, 3.05) is 6.54 Å². The van der Waals surface area contributed by atoms with E-state index in [2.05, 4.69) is 16.5 Å². The van der Waals surface area contributed by atoms with Gasteiger partial charge >= 0.3 is 0 Å². The summed E-state index contributed by atoms with van der Waals surface area (Å²) in [5.41, 5.74) is 2.11. The first-order valence-corrected chi connectivity index (χ1v) is 4.93. The Hall–Kier alpha value is -1.71. The first-order chi connectivity index (χ1) is 7.20. The Kier molecular flexibility index (Phi) is 2.49. The monoisotopic (exact) mass is 203 g/mol. The SMILES string of the molecule is C=CC(=O)N1CCc2cnc(C)nc2C1. The van der Waals surface area contributed by atoms with Crippen LogP contribution in [0.2, 0.25) is 0 Å². The molecule has 4 nitrogen and oxygen atoms in total. The minimum absolute atomic E-state index is 0.0306. The van der Waals surface area contributed by atoms with Gasteiger partial charge in [0.2, 0.25) is 5.91 Å². The second kappa shape index (κ2) is 3.81. The van der Waals surface area contributed by atoms with Crippen LogP contribution < -0.4 is 0 Å². The van der Waals surface area contributed by atoms with Crippen LogP contribution in [0.3, 0.4) is 0 Å². The first-order valence-electron chi connectivity index (χ1n) is 4.93. The summed E-state index contributed by atoms with van der Waals surface area (Å²) in [6.45, 7) is 6.64. The van der Waals surface area contributed by atoms with Crippen molar-refractivity contribution < 1.29 is 4.79 Å². The Balaban J connectivity index is 2.25. The third-order valence-corrected chi connectivity index (χ3v) is 2.55. The summed E-state index contributed by atoms with van der Waals surface area (Å²) in [7, 11) is 0. The highest BCUT2D eigenvalue weighted by Crippen LogP contribution is 2.16. The zero-order valence-corrected chi connectivity index (χ0v) is 8.73. The number of hydrogen-bond donors (Lipinski definition) is 0. The van der Waals surface area contributed by atoms with Gasteiger partial charge in [0.15, 0.2) is 0 Å². The second-order valence-corrected chi connectivity index (χ2v) is 3.60. The van der Waals surface area contributed by atoms with Crippen molar-refractivity contribution in [3.63, 3.8) is 0 Å². The molecule has 2 rings (SSSR count). The van der Waals surface area contributed by atoms with Crippen LogP contribution in [-0.2, 0) is 17.8 Å². The number of rotatable bonds is 1. The molecule has 4 heteroatoms. The molecule has 0 atom stereocenters. The fourth-order valence-corrected chi connectivity index (χ4v) is 1.72. The predicted molar refractivity (Wildman–Crippen MR) is 56.1 cm³/mol. The highest BCUT2D eigenvalue weighted by molar-refractivity contribution is 5.87. The number of fused-ring (bicyclic) bond motifs is 1. The van der Waals surface area contributed by atoms with Gasteiger partial charge in [0.05, 0.1) is 12.2 Å². The molecule has 2 heterocycles. The van der Waals surface area contributed by atoms with Crippen molar-refractivity contribution >= 4 is 5.91 Å². The molecule has 0 saturated carbocycles. The number of hydrogen-bond acceptors (Lipinski definition) is 3. The minimum atomic E-state index is -0.0306. The quantitative estimate of drug-likeness (QED) is 0.636. The maximum atomic E-state index is 11.4. The summed E-state index contributed by atoms with van der Waals surface area (Å²) in [6.07, 6.45) is 4.03. The molecule has 0 radical (unpaired) electrons. The lowest BCUT2D eigenvalue weighted by atomic mass is 10.1. The van der Waals surface area contributed by atoms with Gasteiger partial charge in [0.25, 0.3) is 0 Å². The summed E-state index contributed by atoms with van der Waals surface area (Å²) in [5.74, 6) is 0.721. The third kappa shape index (κ3) is 1.88. The van der Waals surface area contributed by atoms with Crippen LogP contribution in [0.1, 0.15) is 17.1 Å². The lowest BCUT2D eigenvalue weighted by Crippen LogP contribution is -2.35. The molecule has 15 heavy (non-hydrogen) atoms. The van der Waals surface area contributed by atoms with Gasteiger partial charge in [-0.25, -0.2) is 9.97 Å². The molecule has 78 valence electrons. The van der Waals surface area contributed by atoms with E-state index in [1.54, 1.807) is 4.90 Å². The molecule has 0 aromatic carbocycles. The van der Waals surface area contributed by atoms with E-state index < -0.39 is 0 Å². The molecule has 0 unspecified atom stereocenters. The van der Waals surface area contributed by atoms with Crippen LogP contribution in [0.5, 0.6) is 0 Å². The van der Waals surface area contributed by atoms with Gasteiger partial charge in [-0.1, -0.05) is 6.58 Å². The van der Waals surface area contributed by atoms with E-state index in [0.717, 1.165) is 30.0 Å². The lowest BCUT2D eigenvalue weighted by Gasteiger charge is -2.26. The Labute approximate surface area is 88.7 Å². The van der Waals surface area contributed by atoms with Gasteiger partial charge < -0.3 is 4.90 Å². The van der Waals surface area contributed by atoms with E-state index in [1.165, 1.54) is 6.08 Å². The fraction of sp³-hybridized carbons (Fsp3) is 0.364. The van der Waals surface area contributed by atoms with Gasteiger partial charge in [-0.15, -0.1) is 0 Å². The van der Waals surface area contributed by atoms with Gasteiger partial charge in [0, 0.05) is 12.7 Å². The van der Waals surface area contributed by atoms with E-state index in [-0.39, 0.29) is 5.91 Å². The molecule has 0 N–H and O–H groups in total. The molecule has 1 aliphatic heterocycles. The van der Waals surface area contributed by atoms with E-state index in [0.29, 0.717) is 6.54 Å². The predicted octanol–water partition coefficient (Wildman–Crippen LogP) is 0.856. The number of nitrogens with zero attached hydrogens (tertiary/aromatic N) is 3. The number of amides is 1. The maximum Gasteiger partial charge on any atom is 0.246 e. The minimum Gasteiger partial charge on any atom is -0.333 e. The zero-order valence-electron chi connectivity index (χ0n) is 8.73. The van der Waals surface area contributed by atoms with E-state index >= 15 is 0 Å². The molecule has 0 aliphatic carbocycles. The summed E-state index contributed by atoms with van der Waals surface area (Å²) in [5, 5.41) is 0. The maximum absolute atomic E-state index is 11.4. The Morgan fingerprint density at radius 2 is 2.47 bits per heavy atom. The normalized spacial score (nSPS) is 14.6. The average Bonchev–Trinajstić information content (AvgIpc) is 2.27. The molecular formula is C11H13N3O. The van der Waals surface area contributed by atoms with Crippen molar-refractivity contribution in [1.29, 1.82) is 0 Å². The van der Waals surface area contributed by atoms with Gasteiger partial charge in [-0.05, 0) is 25.0 Å². The molecule has 0 bridgehead atoms. The van der Waals surface area contributed by atoms with Gasteiger partial charge in [0.1, 0.15) is 5.82 Å². The highest BCUT2D eigenvalue weighted by Gasteiger charge is 2.20. The summed E-state index contributed by atoms with van der Waals surface area (Å²) in [6, 6.07) is 0. The molecule has 0 fully saturated rings. The van der Waals surface area contributed by atoms with Crippen LogP contribution in [-0.4, -0.2) is 27.3 Å². The van der Waals surface area contributed by atoms with Crippen molar-refractivity contribution in [2.24, 2.45) is 0 Å². The van der Waals surface area contributed by atoms with Crippen LogP contribution in [0, 0.1) is 6.92 Å². The highest BCUT2D eigenvalue weighted by atomic mass is 16.2. The van der Waals surface area contributed by atoms with Gasteiger partial charge in [-0.2, -0.15) is 0 Å². The van der Waals surface area contributed by atoms with Crippen molar-refractivity contribution in [1.82, 2.24) is 14.9 Å². The fourth-order valence-electron chi connectivity index (χ4n) is 1.72.